The molecule has 4 heteroatoms. The van der Waals surface area contributed by atoms with E-state index in [9.17, 15) is 5.26 Å². The lowest BCUT2D eigenvalue weighted by Crippen LogP contribution is -2.38. The number of anilines is 1. The Morgan fingerprint density at radius 1 is 1.40 bits per heavy atom. The highest BCUT2D eigenvalue weighted by Crippen LogP contribution is 2.29. The summed E-state index contributed by atoms with van der Waals surface area (Å²) in [4.78, 5) is 6.95. The molecule has 0 N–H and O–H groups in total. The van der Waals surface area contributed by atoms with Crippen molar-refractivity contribution < 1.29 is 4.74 Å². The van der Waals surface area contributed by atoms with Gasteiger partial charge in [-0.3, -0.25) is 0 Å². The highest BCUT2D eigenvalue weighted by atomic mass is 16.5. The van der Waals surface area contributed by atoms with Crippen molar-refractivity contribution in [1.29, 1.82) is 5.26 Å². The Balaban J connectivity index is 1.97. The van der Waals surface area contributed by atoms with E-state index in [-0.39, 0.29) is 6.10 Å². The second-order valence-corrected chi connectivity index (χ2v) is 5.83. The Morgan fingerprint density at radius 3 is 2.90 bits per heavy atom. The first-order chi connectivity index (χ1) is 9.70. The summed E-state index contributed by atoms with van der Waals surface area (Å²) in [6, 6.07) is 4.69. The van der Waals surface area contributed by atoms with Crippen LogP contribution in [0.1, 0.15) is 43.0 Å². The highest BCUT2D eigenvalue weighted by molar-refractivity contribution is 5.57. The number of aryl methyl sites for hydroxylation is 2. The molecule has 2 heterocycles. The summed E-state index contributed by atoms with van der Waals surface area (Å²) in [6.45, 7) is 2.89. The van der Waals surface area contributed by atoms with Crippen LogP contribution < -0.4 is 4.90 Å². The number of fused-ring (bicyclic) bond motifs is 1. The first-order valence-electron chi connectivity index (χ1n) is 7.48. The molecule has 2 atom stereocenters. The summed E-state index contributed by atoms with van der Waals surface area (Å²) in [7, 11) is 2.04. The maximum atomic E-state index is 9.43. The van der Waals surface area contributed by atoms with E-state index in [1.807, 2.05) is 13.1 Å². The molecule has 0 bridgehead atoms. The SMILES string of the molecule is CC1OCCC1N(C)c1nc2c(cc1C#N)CCCC2. The van der Waals surface area contributed by atoms with Crippen LogP contribution in [0.15, 0.2) is 6.07 Å². The Kier molecular flexibility index (Phi) is 3.62. The zero-order chi connectivity index (χ0) is 14.1. The van der Waals surface area contributed by atoms with Crippen LogP contribution in [0, 0.1) is 11.3 Å². The molecule has 1 aromatic rings. The topological polar surface area (TPSA) is 49.1 Å². The molecule has 1 aromatic heterocycles. The number of hydrogen-bond acceptors (Lipinski definition) is 4. The van der Waals surface area contributed by atoms with E-state index in [0.29, 0.717) is 11.6 Å². The van der Waals surface area contributed by atoms with E-state index < -0.39 is 0 Å². The Labute approximate surface area is 120 Å². The third-order valence-corrected chi connectivity index (χ3v) is 4.57. The van der Waals surface area contributed by atoms with Gasteiger partial charge in [-0.2, -0.15) is 5.26 Å². The van der Waals surface area contributed by atoms with Crippen LogP contribution >= 0.6 is 0 Å². The molecule has 20 heavy (non-hydrogen) atoms. The van der Waals surface area contributed by atoms with E-state index in [4.69, 9.17) is 9.72 Å². The lowest BCUT2D eigenvalue weighted by Gasteiger charge is -2.29. The third kappa shape index (κ3) is 2.27. The largest absolute Gasteiger partial charge is 0.376 e. The maximum absolute atomic E-state index is 9.43. The smallest absolute Gasteiger partial charge is 0.146 e. The van der Waals surface area contributed by atoms with Crippen molar-refractivity contribution in [3.63, 3.8) is 0 Å². The van der Waals surface area contributed by atoms with E-state index in [0.717, 1.165) is 31.7 Å². The number of rotatable bonds is 2. The van der Waals surface area contributed by atoms with Gasteiger partial charge in [-0.15, -0.1) is 0 Å². The molecule has 1 fully saturated rings. The Hall–Kier alpha value is -1.60. The Morgan fingerprint density at radius 2 is 2.20 bits per heavy atom. The number of hydrogen-bond donors (Lipinski definition) is 0. The summed E-state index contributed by atoms with van der Waals surface area (Å²) in [5.74, 6) is 0.829. The standard InChI is InChI=1S/C16H21N3O/c1-11-15(7-8-20-11)19(2)16-13(10-17)9-12-5-3-4-6-14(12)18-16/h9,11,15H,3-8H2,1-2H3. The van der Waals surface area contributed by atoms with Gasteiger partial charge < -0.3 is 9.64 Å². The van der Waals surface area contributed by atoms with E-state index in [2.05, 4.69) is 17.9 Å². The predicted octanol–water partition coefficient (Wildman–Crippen LogP) is 2.45. The van der Waals surface area contributed by atoms with Crippen molar-refractivity contribution in [2.75, 3.05) is 18.6 Å². The molecule has 1 aliphatic carbocycles. The van der Waals surface area contributed by atoms with Gasteiger partial charge in [-0.05, 0) is 50.7 Å². The molecule has 1 aliphatic heterocycles. The number of ether oxygens (including phenoxy) is 1. The summed E-state index contributed by atoms with van der Waals surface area (Å²) in [5, 5.41) is 9.43. The number of nitriles is 1. The second-order valence-electron chi connectivity index (χ2n) is 5.83. The number of nitrogens with zero attached hydrogens (tertiary/aromatic N) is 3. The molecule has 2 aliphatic rings. The van der Waals surface area contributed by atoms with Crippen LogP contribution in [0.3, 0.4) is 0 Å². The quantitative estimate of drug-likeness (QED) is 0.829. The minimum absolute atomic E-state index is 0.198. The van der Waals surface area contributed by atoms with E-state index in [1.54, 1.807) is 0 Å². The molecule has 1 saturated heterocycles. The van der Waals surface area contributed by atoms with Crippen LogP contribution in [0.2, 0.25) is 0 Å². The van der Waals surface area contributed by atoms with Gasteiger partial charge >= 0.3 is 0 Å². The zero-order valence-corrected chi connectivity index (χ0v) is 12.2. The Bertz CT molecular complexity index is 549. The molecule has 2 unspecified atom stereocenters. The van der Waals surface area contributed by atoms with Crippen molar-refractivity contribution in [1.82, 2.24) is 4.98 Å². The normalized spacial score (nSPS) is 25.1. The lowest BCUT2D eigenvalue weighted by molar-refractivity contribution is 0.118. The van der Waals surface area contributed by atoms with Crippen LogP contribution in [0.4, 0.5) is 5.82 Å². The zero-order valence-electron chi connectivity index (χ0n) is 12.2. The van der Waals surface area contributed by atoms with Crippen LogP contribution in [0.25, 0.3) is 0 Å². The fourth-order valence-corrected chi connectivity index (χ4v) is 3.36. The predicted molar refractivity (Wildman–Crippen MR) is 77.8 cm³/mol. The van der Waals surface area contributed by atoms with Gasteiger partial charge in [0, 0.05) is 19.3 Å². The highest BCUT2D eigenvalue weighted by Gasteiger charge is 2.30. The van der Waals surface area contributed by atoms with Gasteiger partial charge in [0.15, 0.2) is 0 Å². The minimum atomic E-state index is 0.198. The van der Waals surface area contributed by atoms with E-state index in [1.165, 1.54) is 24.1 Å². The minimum Gasteiger partial charge on any atom is -0.376 e. The van der Waals surface area contributed by atoms with Crippen molar-refractivity contribution in [3.8, 4) is 6.07 Å². The molecule has 0 amide bonds. The van der Waals surface area contributed by atoms with Gasteiger partial charge in [0.25, 0.3) is 0 Å². The summed E-state index contributed by atoms with van der Waals surface area (Å²) in [6.07, 6.45) is 5.72. The average Bonchev–Trinajstić information content (AvgIpc) is 2.91. The molecule has 4 nitrogen and oxygen atoms in total. The fraction of sp³-hybridized carbons (Fsp3) is 0.625. The van der Waals surface area contributed by atoms with Crippen LogP contribution in [-0.4, -0.2) is 30.8 Å². The van der Waals surface area contributed by atoms with Crippen molar-refractivity contribution in [2.45, 2.75) is 51.2 Å². The van der Waals surface area contributed by atoms with Gasteiger partial charge in [-0.25, -0.2) is 4.98 Å². The molecule has 0 aromatic carbocycles. The number of likely N-dealkylation sites (N-methyl/N-ethyl adjacent to an activating group) is 1. The van der Waals surface area contributed by atoms with E-state index >= 15 is 0 Å². The fourth-order valence-electron chi connectivity index (χ4n) is 3.36. The van der Waals surface area contributed by atoms with Crippen molar-refractivity contribution >= 4 is 5.82 Å². The lowest BCUT2D eigenvalue weighted by atomic mass is 9.94. The molecule has 0 radical (unpaired) electrons. The maximum Gasteiger partial charge on any atom is 0.146 e. The molecular weight excluding hydrogens is 250 g/mol. The van der Waals surface area contributed by atoms with Gasteiger partial charge in [0.2, 0.25) is 0 Å². The van der Waals surface area contributed by atoms with Gasteiger partial charge in [0.05, 0.1) is 17.7 Å². The van der Waals surface area contributed by atoms with Gasteiger partial charge in [0.1, 0.15) is 11.9 Å². The monoisotopic (exact) mass is 271 g/mol. The summed E-state index contributed by atoms with van der Waals surface area (Å²) < 4.78 is 5.64. The molecule has 106 valence electrons. The van der Waals surface area contributed by atoms with Crippen LogP contribution in [-0.2, 0) is 17.6 Å². The van der Waals surface area contributed by atoms with Crippen molar-refractivity contribution in [2.24, 2.45) is 0 Å². The third-order valence-electron chi connectivity index (χ3n) is 4.57. The van der Waals surface area contributed by atoms with Gasteiger partial charge in [-0.1, -0.05) is 0 Å². The second kappa shape index (κ2) is 5.41. The first-order valence-corrected chi connectivity index (χ1v) is 7.48. The van der Waals surface area contributed by atoms with Crippen molar-refractivity contribution in [3.05, 3.63) is 22.9 Å². The number of aromatic nitrogens is 1. The first kappa shape index (κ1) is 13.4. The average molecular weight is 271 g/mol. The molecular formula is C16H21N3O. The summed E-state index contributed by atoms with van der Waals surface area (Å²) >= 11 is 0. The molecule has 0 saturated carbocycles. The van der Waals surface area contributed by atoms with Crippen LogP contribution in [0.5, 0.6) is 0 Å². The molecule has 0 spiro atoms. The molecule has 3 rings (SSSR count). The summed E-state index contributed by atoms with van der Waals surface area (Å²) in [5.41, 5.74) is 3.15. The number of pyridine rings is 1.